The average Bonchev–Trinajstić information content (AvgIpc) is 2.55. The van der Waals surface area contributed by atoms with Gasteiger partial charge in [0.1, 0.15) is 11.6 Å². The van der Waals surface area contributed by atoms with Crippen molar-refractivity contribution in [3.05, 3.63) is 53.5 Å². The Balaban J connectivity index is 1.84. The Morgan fingerprint density at radius 1 is 1.14 bits per heavy atom. The van der Waals surface area contributed by atoms with Gasteiger partial charge in [0.15, 0.2) is 5.69 Å². The van der Waals surface area contributed by atoms with Gasteiger partial charge in [-0.1, -0.05) is 25.1 Å². The number of nitrogens with one attached hydrogen (secondary N) is 2. The van der Waals surface area contributed by atoms with Crippen LogP contribution in [0.4, 0.5) is 10.2 Å². The first-order valence-electron chi connectivity index (χ1n) is 7.30. The molecule has 0 atom stereocenters. The predicted octanol–water partition coefficient (Wildman–Crippen LogP) is 2.41. The van der Waals surface area contributed by atoms with Crippen LogP contribution in [-0.4, -0.2) is 29.2 Å². The van der Waals surface area contributed by atoms with E-state index in [1.807, 2.05) is 13.0 Å². The van der Waals surface area contributed by atoms with Crippen LogP contribution in [0.15, 0.2) is 36.4 Å². The molecule has 6 heteroatoms. The Bertz CT molecular complexity index is 616. The number of amides is 1. The lowest BCUT2D eigenvalue weighted by Crippen LogP contribution is -2.25. The quantitative estimate of drug-likeness (QED) is 0.824. The lowest BCUT2D eigenvalue weighted by molar-refractivity contribution is 0.0947. The van der Waals surface area contributed by atoms with E-state index >= 15 is 0 Å². The fraction of sp³-hybridized carbons (Fsp3) is 0.312. The van der Waals surface area contributed by atoms with Crippen LogP contribution in [0.1, 0.15) is 29.4 Å². The van der Waals surface area contributed by atoms with E-state index in [2.05, 4.69) is 20.8 Å². The first kappa shape index (κ1) is 15.9. The summed E-state index contributed by atoms with van der Waals surface area (Å²) < 4.78 is 13.5. The zero-order chi connectivity index (χ0) is 15.8. The molecule has 0 radical (unpaired) electrons. The van der Waals surface area contributed by atoms with Crippen LogP contribution in [0.2, 0.25) is 0 Å². The first-order valence-corrected chi connectivity index (χ1v) is 7.30. The van der Waals surface area contributed by atoms with Gasteiger partial charge in [0.25, 0.3) is 5.91 Å². The van der Waals surface area contributed by atoms with E-state index in [9.17, 15) is 9.18 Å². The molecule has 1 amide bonds. The Morgan fingerprint density at radius 2 is 1.95 bits per heavy atom. The van der Waals surface area contributed by atoms with Crippen molar-refractivity contribution in [2.24, 2.45) is 0 Å². The molecular formula is C16H19FN4O. The van der Waals surface area contributed by atoms with Crippen molar-refractivity contribution in [3.8, 4) is 0 Å². The van der Waals surface area contributed by atoms with Gasteiger partial charge in [-0.25, -0.2) is 4.39 Å². The zero-order valence-electron chi connectivity index (χ0n) is 12.5. The van der Waals surface area contributed by atoms with Crippen molar-refractivity contribution >= 4 is 11.7 Å². The van der Waals surface area contributed by atoms with Crippen molar-refractivity contribution in [1.29, 1.82) is 0 Å². The van der Waals surface area contributed by atoms with Crippen molar-refractivity contribution in [2.45, 2.75) is 19.8 Å². The molecule has 2 N–H and O–H groups in total. The Morgan fingerprint density at radius 3 is 2.64 bits per heavy atom. The molecule has 0 unspecified atom stereocenters. The maximum Gasteiger partial charge on any atom is 0.271 e. The normalized spacial score (nSPS) is 10.3. The van der Waals surface area contributed by atoms with Crippen LogP contribution in [0, 0.1) is 5.82 Å². The summed E-state index contributed by atoms with van der Waals surface area (Å²) in [7, 11) is 0. The van der Waals surface area contributed by atoms with Gasteiger partial charge >= 0.3 is 0 Å². The number of hydrogen-bond acceptors (Lipinski definition) is 4. The van der Waals surface area contributed by atoms with E-state index in [1.165, 1.54) is 6.07 Å². The summed E-state index contributed by atoms with van der Waals surface area (Å²) in [5, 5.41) is 13.6. The highest BCUT2D eigenvalue weighted by Crippen LogP contribution is 2.08. The van der Waals surface area contributed by atoms with Gasteiger partial charge in [-0.3, -0.25) is 4.79 Å². The van der Waals surface area contributed by atoms with E-state index in [4.69, 9.17) is 0 Å². The third kappa shape index (κ3) is 4.51. The second-order valence-corrected chi connectivity index (χ2v) is 4.83. The molecule has 1 heterocycles. The molecular weight excluding hydrogens is 283 g/mol. The summed E-state index contributed by atoms with van der Waals surface area (Å²) in [5.74, 6) is 0.119. The van der Waals surface area contributed by atoms with Gasteiger partial charge in [0, 0.05) is 13.1 Å². The molecule has 0 saturated heterocycles. The molecule has 0 saturated carbocycles. The van der Waals surface area contributed by atoms with Gasteiger partial charge in [0.05, 0.1) is 0 Å². The van der Waals surface area contributed by atoms with E-state index in [0.717, 1.165) is 6.42 Å². The molecule has 0 bridgehead atoms. The number of anilines is 1. The smallest absolute Gasteiger partial charge is 0.271 e. The Hall–Kier alpha value is -2.50. The maximum atomic E-state index is 13.5. The lowest BCUT2D eigenvalue weighted by atomic mass is 10.1. The standard InChI is InChI=1S/C16H19FN4O/c1-2-10-19-16(22)14-7-8-15(21-20-14)18-11-9-12-5-3-4-6-13(12)17/h3-8H,2,9-11H2,1H3,(H,18,21)(H,19,22). The first-order chi connectivity index (χ1) is 10.7. The molecule has 0 aliphatic rings. The van der Waals surface area contributed by atoms with Gasteiger partial charge < -0.3 is 10.6 Å². The highest BCUT2D eigenvalue weighted by molar-refractivity contribution is 5.92. The van der Waals surface area contributed by atoms with Crippen molar-refractivity contribution in [3.63, 3.8) is 0 Å². The van der Waals surface area contributed by atoms with E-state index in [0.29, 0.717) is 30.9 Å². The summed E-state index contributed by atoms with van der Waals surface area (Å²) in [6, 6.07) is 9.98. The molecule has 0 fully saturated rings. The van der Waals surface area contributed by atoms with Crippen LogP contribution < -0.4 is 10.6 Å². The maximum absolute atomic E-state index is 13.5. The fourth-order valence-electron chi connectivity index (χ4n) is 1.90. The molecule has 116 valence electrons. The van der Waals surface area contributed by atoms with Crippen LogP contribution >= 0.6 is 0 Å². The molecule has 2 aromatic rings. The molecule has 2 rings (SSSR count). The van der Waals surface area contributed by atoms with Gasteiger partial charge in [-0.05, 0) is 36.6 Å². The highest BCUT2D eigenvalue weighted by Gasteiger charge is 2.07. The highest BCUT2D eigenvalue weighted by atomic mass is 19.1. The van der Waals surface area contributed by atoms with E-state index in [-0.39, 0.29) is 17.4 Å². The SMILES string of the molecule is CCCNC(=O)c1ccc(NCCc2ccccc2F)nn1. The van der Waals surface area contributed by atoms with Crippen molar-refractivity contribution < 1.29 is 9.18 Å². The number of aromatic nitrogens is 2. The number of carbonyl (C=O) groups is 1. The van der Waals surface area contributed by atoms with Crippen LogP contribution in [0.25, 0.3) is 0 Å². The van der Waals surface area contributed by atoms with Gasteiger partial charge in [0.2, 0.25) is 0 Å². The number of carbonyl (C=O) groups excluding carboxylic acids is 1. The summed E-state index contributed by atoms with van der Waals surface area (Å²) in [5.41, 5.74) is 0.937. The predicted molar refractivity (Wildman–Crippen MR) is 83.2 cm³/mol. The third-order valence-corrected chi connectivity index (χ3v) is 3.09. The number of benzene rings is 1. The molecule has 0 aliphatic heterocycles. The van der Waals surface area contributed by atoms with Crippen LogP contribution in [-0.2, 0) is 6.42 Å². The van der Waals surface area contributed by atoms with E-state index < -0.39 is 0 Å². The fourth-order valence-corrected chi connectivity index (χ4v) is 1.90. The summed E-state index contributed by atoms with van der Waals surface area (Å²) in [6.07, 6.45) is 1.42. The second kappa shape index (κ2) is 8.07. The Labute approximate surface area is 129 Å². The number of nitrogens with zero attached hydrogens (tertiary/aromatic N) is 2. The van der Waals surface area contributed by atoms with Gasteiger partial charge in [-0.15, -0.1) is 10.2 Å². The number of halogens is 1. The van der Waals surface area contributed by atoms with E-state index in [1.54, 1.807) is 24.3 Å². The molecule has 0 spiro atoms. The van der Waals surface area contributed by atoms with Crippen molar-refractivity contribution in [2.75, 3.05) is 18.4 Å². The number of hydrogen-bond donors (Lipinski definition) is 2. The minimum absolute atomic E-state index is 0.210. The molecule has 0 aliphatic carbocycles. The van der Waals surface area contributed by atoms with Crippen molar-refractivity contribution in [1.82, 2.24) is 15.5 Å². The third-order valence-electron chi connectivity index (χ3n) is 3.09. The lowest BCUT2D eigenvalue weighted by Gasteiger charge is -2.07. The molecule has 22 heavy (non-hydrogen) atoms. The largest absolute Gasteiger partial charge is 0.368 e. The zero-order valence-corrected chi connectivity index (χ0v) is 12.5. The summed E-state index contributed by atoms with van der Waals surface area (Å²) in [6.45, 7) is 3.13. The molecule has 1 aromatic carbocycles. The van der Waals surface area contributed by atoms with Crippen LogP contribution in [0.3, 0.4) is 0 Å². The Kier molecular flexibility index (Phi) is 5.82. The summed E-state index contributed by atoms with van der Waals surface area (Å²) >= 11 is 0. The molecule has 5 nitrogen and oxygen atoms in total. The molecule has 1 aromatic heterocycles. The number of rotatable bonds is 7. The van der Waals surface area contributed by atoms with Crippen LogP contribution in [0.5, 0.6) is 0 Å². The minimum atomic E-state index is -0.229. The average molecular weight is 302 g/mol. The second-order valence-electron chi connectivity index (χ2n) is 4.83. The summed E-state index contributed by atoms with van der Waals surface area (Å²) in [4.78, 5) is 11.7. The monoisotopic (exact) mass is 302 g/mol. The van der Waals surface area contributed by atoms with Gasteiger partial charge in [-0.2, -0.15) is 0 Å². The topological polar surface area (TPSA) is 66.9 Å². The minimum Gasteiger partial charge on any atom is -0.368 e.